The number of hydrogen-bond acceptors (Lipinski definition) is 2. The van der Waals surface area contributed by atoms with Gasteiger partial charge in [0.25, 0.3) is 0 Å². The fourth-order valence-corrected chi connectivity index (χ4v) is 1.70. The van der Waals surface area contributed by atoms with Crippen LogP contribution in [0.5, 0.6) is 0 Å². The van der Waals surface area contributed by atoms with Gasteiger partial charge in [0.1, 0.15) is 5.82 Å². The third-order valence-corrected chi connectivity index (χ3v) is 3.33. The first-order valence-corrected chi connectivity index (χ1v) is 6.65. The van der Waals surface area contributed by atoms with Crippen molar-refractivity contribution in [2.75, 3.05) is 20.1 Å². The van der Waals surface area contributed by atoms with Crippen molar-refractivity contribution in [1.82, 2.24) is 10.2 Å². The topological polar surface area (TPSA) is 15.3 Å². The number of rotatable bonds is 7. The van der Waals surface area contributed by atoms with Crippen LogP contribution in [0.1, 0.15) is 26.3 Å². The third-order valence-electron chi connectivity index (χ3n) is 3.33. The van der Waals surface area contributed by atoms with Crippen molar-refractivity contribution < 1.29 is 4.39 Å². The van der Waals surface area contributed by atoms with Gasteiger partial charge in [-0.3, -0.25) is 0 Å². The van der Waals surface area contributed by atoms with E-state index in [9.17, 15) is 4.39 Å². The monoisotopic (exact) mass is 252 g/mol. The smallest absolute Gasteiger partial charge is 0.123 e. The molecule has 2 nitrogen and oxygen atoms in total. The van der Waals surface area contributed by atoms with Crippen molar-refractivity contribution in [3.8, 4) is 0 Å². The van der Waals surface area contributed by atoms with Crippen LogP contribution in [-0.2, 0) is 6.54 Å². The third kappa shape index (κ3) is 5.61. The van der Waals surface area contributed by atoms with E-state index in [0.29, 0.717) is 12.0 Å². The summed E-state index contributed by atoms with van der Waals surface area (Å²) >= 11 is 0. The molecular weight excluding hydrogens is 227 g/mol. The van der Waals surface area contributed by atoms with E-state index in [-0.39, 0.29) is 5.82 Å². The molecule has 1 unspecified atom stereocenters. The van der Waals surface area contributed by atoms with Crippen LogP contribution in [0.3, 0.4) is 0 Å². The second-order valence-electron chi connectivity index (χ2n) is 5.35. The summed E-state index contributed by atoms with van der Waals surface area (Å²) in [4.78, 5) is 2.24. The zero-order chi connectivity index (χ0) is 13.5. The minimum absolute atomic E-state index is 0.172. The molecule has 1 rings (SSSR count). The second kappa shape index (κ2) is 7.49. The quantitative estimate of drug-likeness (QED) is 0.802. The van der Waals surface area contributed by atoms with Crippen LogP contribution in [0.4, 0.5) is 4.39 Å². The number of likely N-dealkylation sites (N-methyl/N-ethyl adjacent to an activating group) is 1. The van der Waals surface area contributed by atoms with Crippen LogP contribution in [0.25, 0.3) is 0 Å². The molecule has 3 heteroatoms. The van der Waals surface area contributed by atoms with Crippen molar-refractivity contribution >= 4 is 0 Å². The minimum atomic E-state index is -0.172. The lowest BCUT2D eigenvalue weighted by atomic mass is 10.1. The van der Waals surface area contributed by atoms with Crippen LogP contribution >= 0.6 is 0 Å². The Kier molecular flexibility index (Phi) is 6.30. The van der Waals surface area contributed by atoms with Crippen molar-refractivity contribution in [2.45, 2.75) is 33.4 Å². The molecule has 18 heavy (non-hydrogen) atoms. The van der Waals surface area contributed by atoms with Gasteiger partial charge in [0.05, 0.1) is 0 Å². The highest BCUT2D eigenvalue weighted by atomic mass is 19.1. The molecule has 0 saturated heterocycles. The lowest BCUT2D eigenvalue weighted by molar-refractivity contribution is 0.308. The molecule has 102 valence electrons. The zero-order valence-electron chi connectivity index (χ0n) is 11.9. The molecule has 0 heterocycles. The summed E-state index contributed by atoms with van der Waals surface area (Å²) in [7, 11) is 2.09. The van der Waals surface area contributed by atoms with E-state index in [1.54, 1.807) is 0 Å². The number of halogens is 1. The summed E-state index contributed by atoms with van der Waals surface area (Å²) < 4.78 is 12.8. The first kappa shape index (κ1) is 15.1. The Morgan fingerprint density at radius 3 is 2.33 bits per heavy atom. The molecule has 0 aliphatic carbocycles. The SMILES string of the molecule is CC(C)C(C)NCCN(C)Cc1ccc(F)cc1. The summed E-state index contributed by atoms with van der Waals surface area (Å²) in [5.41, 5.74) is 1.15. The van der Waals surface area contributed by atoms with Crippen LogP contribution in [0.15, 0.2) is 24.3 Å². The Morgan fingerprint density at radius 1 is 1.17 bits per heavy atom. The Morgan fingerprint density at radius 2 is 1.78 bits per heavy atom. The molecule has 1 aromatic carbocycles. The molecule has 1 N–H and O–H groups in total. The van der Waals surface area contributed by atoms with Gasteiger partial charge in [-0.15, -0.1) is 0 Å². The van der Waals surface area contributed by atoms with Crippen molar-refractivity contribution in [3.05, 3.63) is 35.6 Å². The van der Waals surface area contributed by atoms with Gasteiger partial charge in [0.2, 0.25) is 0 Å². The Balaban J connectivity index is 2.25. The Hall–Kier alpha value is -0.930. The lowest BCUT2D eigenvalue weighted by Gasteiger charge is -2.21. The molecule has 0 spiro atoms. The fraction of sp³-hybridized carbons (Fsp3) is 0.600. The lowest BCUT2D eigenvalue weighted by Crippen LogP contribution is -2.36. The highest BCUT2D eigenvalue weighted by molar-refractivity contribution is 5.15. The number of nitrogens with zero attached hydrogens (tertiary/aromatic N) is 1. The minimum Gasteiger partial charge on any atom is -0.313 e. The molecule has 1 aromatic rings. The van der Waals surface area contributed by atoms with Gasteiger partial charge in [-0.1, -0.05) is 26.0 Å². The zero-order valence-corrected chi connectivity index (χ0v) is 11.9. The Labute approximate surface area is 110 Å². The molecule has 1 atom stereocenters. The van der Waals surface area contributed by atoms with Crippen molar-refractivity contribution in [3.63, 3.8) is 0 Å². The van der Waals surface area contributed by atoms with Gasteiger partial charge >= 0.3 is 0 Å². The number of nitrogens with one attached hydrogen (secondary N) is 1. The first-order valence-electron chi connectivity index (χ1n) is 6.65. The molecule has 0 saturated carbocycles. The highest BCUT2D eigenvalue weighted by Crippen LogP contribution is 2.05. The first-order chi connectivity index (χ1) is 8.49. The summed E-state index contributed by atoms with van der Waals surface area (Å²) in [5, 5.41) is 3.51. The van der Waals surface area contributed by atoms with E-state index >= 15 is 0 Å². The van der Waals surface area contributed by atoms with E-state index in [1.165, 1.54) is 12.1 Å². The maximum Gasteiger partial charge on any atom is 0.123 e. The van der Waals surface area contributed by atoms with Gasteiger partial charge in [0.15, 0.2) is 0 Å². The average molecular weight is 252 g/mol. The van der Waals surface area contributed by atoms with E-state index in [0.717, 1.165) is 25.2 Å². The maximum atomic E-state index is 12.8. The Bertz CT molecular complexity index is 335. The van der Waals surface area contributed by atoms with Gasteiger partial charge in [-0.25, -0.2) is 4.39 Å². The van der Waals surface area contributed by atoms with Crippen LogP contribution in [-0.4, -0.2) is 31.1 Å². The molecule has 0 radical (unpaired) electrons. The summed E-state index contributed by atoms with van der Waals surface area (Å²) in [6.45, 7) is 9.49. The molecule has 0 aliphatic heterocycles. The van der Waals surface area contributed by atoms with Gasteiger partial charge in [-0.05, 0) is 37.6 Å². The molecular formula is C15H25FN2. The maximum absolute atomic E-state index is 12.8. The second-order valence-corrected chi connectivity index (χ2v) is 5.35. The van der Waals surface area contributed by atoms with Crippen LogP contribution in [0.2, 0.25) is 0 Å². The predicted molar refractivity (Wildman–Crippen MR) is 75.0 cm³/mol. The largest absolute Gasteiger partial charge is 0.313 e. The predicted octanol–water partition coefficient (Wildman–Crippen LogP) is 2.89. The molecule has 0 amide bonds. The summed E-state index contributed by atoms with van der Waals surface area (Å²) in [6.07, 6.45) is 0. The fourth-order valence-electron chi connectivity index (χ4n) is 1.70. The van der Waals surface area contributed by atoms with E-state index in [2.05, 4.69) is 38.0 Å². The van der Waals surface area contributed by atoms with Crippen molar-refractivity contribution in [1.29, 1.82) is 0 Å². The van der Waals surface area contributed by atoms with Gasteiger partial charge in [0, 0.05) is 25.7 Å². The molecule has 0 bridgehead atoms. The standard InChI is InChI=1S/C15H25FN2/c1-12(2)13(3)17-9-10-18(4)11-14-5-7-15(16)8-6-14/h5-8,12-13,17H,9-11H2,1-4H3. The normalized spacial score (nSPS) is 13.3. The van der Waals surface area contributed by atoms with Crippen LogP contribution < -0.4 is 5.32 Å². The summed E-state index contributed by atoms with van der Waals surface area (Å²) in [5.74, 6) is 0.487. The van der Waals surface area contributed by atoms with E-state index < -0.39 is 0 Å². The highest BCUT2D eigenvalue weighted by Gasteiger charge is 2.06. The number of hydrogen-bond donors (Lipinski definition) is 1. The molecule has 0 aliphatic rings. The van der Waals surface area contributed by atoms with Crippen molar-refractivity contribution in [2.24, 2.45) is 5.92 Å². The van der Waals surface area contributed by atoms with E-state index in [1.807, 2.05) is 12.1 Å². The average Bonchev–Trinajstić information content (AvgIpc) is 2.32. The van der Waals surface area contributed by atoms with Gasteiger partial charge in [-0.2, -0.15) is 0 Å². The molecule has 0 fully saturated rings. The summed E-state index contributed by atoms with van der Waals surface area (Å²) in [6, 6.07) is 7.26. The number of benzene rings is 1. The molecule has 0 aromatic heterocycles. The van der Waals surface area contributed by atoms with E-state index in [4.69, 9.17) is 0 Å². The van der Waals surface area contributed by atoms with Crippen LogP contribution in [0, 0.1) is 11.7 Å². The van der Waals surface area contributed by atoms with Gasteiger partial charge < -0.3 is 10.2 Å².